The Morgan fingerprint density at radius 3 is 1.87 bits per heavy atom. The summed E-state index contributed by atoms with van der Waals surface area (Å²) in [6, 6.07) is 20.1. The molecular formula is C18H13BFNO2. The van der Waals surface area contributed by atoms with Crippen molar-refractivity contribution in [2.45, 2.75) is 0 Å². The number of aromatic nitrogens is 1. The molecule has 0 aliphatic carbocycles. The lowest BCUT2D eigenvalue weighted by molar-refractivity contribution is 0.423. The van der Waals surface area contributed by atoms with Gasteiger partial charge in [0.05, 0.1) is 11.0 Å². The highest BCUT2D eigenvalue weighted by Gasteiger charge is 2.23. The number of para-hydroxylation sites is 2. The minimum atomic E-state index is -1.88. The Kier molecular flexibility index (Phi) is 3.18. The lowest BCUT2D eigenvalue weighted by atomic mass is 9.78. The molecule has 0 amide bonds. The highest BCUT2D eigenvalue weighted by Crippen LogP contribution is 2.31. The zero-order valence-electron chi connectivity index (χ0n) is 12.1. The van der Waals surface area contributed by atoms with E-state index in [4.69, 9.17) is 0 Å². The third-order valence-corrected chi connectivity index (χ3v) is 4.11. The Morgan fingerprint density at radius 2 is 1.30 bits per heavy atom. The Morgan fingerprint density at radius 1 is 0.739 bits per heavy atom. The second kappa shape index (κ2) is 5.23. The van der Waals surface area contributed by atoms with E-state index in [1.165, 1.54) is 6.07 Å². The van der Waals surface area contributed by atoms with Crippen LogP contribution in [0.1, 0.15) is 0 Å². The van der Waals surface area contributed by atoms with Gasteiger partial charge in [-0.3, -0.25) is 0 Å². The van der Waals surface area contributed by atoms with Crippen molar-refractivity contribution < 1.29 is 14.4 Å². The first kappa shape index (κ1) is 14.0. The van der Waals surface area contributed by atoms with E-state index < -0.39 is 12.9 Å². The van der Waals surface area contributed by atoms with Gasteiger partial charge >= 0.3 is 7.12 Å². The number of fused-ring (bicyclic) bond motifs is 3. The summed E-state index contributed by atoms with van der Waals surface area (Å²) in [5.41, 5.74) is 2.08. The van der Waals surface area contributed by atoms with Crippen molar-refractivity contribution in [3.05, 3.63) is 72.5 Å². The van der Waals surface area contributed by atoms with Crippen LogP contribution >= 0.6 is 0 Å². The summed E-state index contributed by atoms with van der Waals surface area (Å²) < 4.78 is 16.0. The Balaban J connectivity index is 2.20. The maximum atomic E-state index is 14.2. The summed E-state index contributed by atoms with van der Waals surface area (Å²) >= 11 is 0. The Bertz CT molecular complexity index is 973. The second-order valence-corrected chi connectivity index (χ2v) is 5.42. The van der Waals surface area contributed by atoms with Gasteiger partial charge in [0.2, 0.25) is 0 Å². The van der Waals surface area contributed by atoms with Crippen LogP contribution < -0.4 is 5.46 Å². The summed E-state index contributed by atoms with van der Waals surface area (Å²) in [6.07, 6.45) is 0. The van der Waals surface area contributed by atoms with Crippen LogP contribution in [0.15, 0.2) is 66.7 Å². The normalized spacial score (nSPS) is 11.3. The zero-order chi connectivity index (χ0) is 16.0. The van der Waals surface area contributed by atoms with Crippen LogP contribution in [0.25, 0.3) is 27.5 Å². The van der Waals surface area contributed by atoms with Crippen LogP contribution in [-0.2, 0) is 0 Å². The lowest BCUT2D eigenvalue weighted by Crippen LogP contribution is -2.36. The number of hydrogen-bond donors (Lipinski definition) is 2. The van der Waals surface area contributed by atoms with Gasteiger partial charge in [-0.25, -0.2) is 4.39 Å². The van der Waals surface area contributed by atoms with Crippen LogP contribution in [0.3, 0.4) is 0 Å². The average Bonchev–Trinajstić information content (AvgIpc) is 2.89. The number of hydrogen-bond acceptors (Lipinski definition) is 2. The maximum Gasteiger partial charge on any atom is 0.493 e. The third-order valence-electron chi connectivity index (χ3n) is 4.11. The minimum absolute atomic E-state index is 0.126. The molecule has 3 aromatic carbocycles. The first-order chi connectivity index (χ1) is 11.2. The average molecular weight is 305 g/mol. The SMILES string of the molecule is OB(O)c1c(F)cccc1-n1c2ccccc2c2ccccc21. The molecule has 23 heavy (non-hydrogen) atoms. The van der Waals surface area contributed by atoms with Crippen molar-refractivity contribution >= 4 is 34.4 Å². The van der Waals surface area contributed by atoms with E-state index in [1.807, 2.05) is 53.1 Å². The summed E-state index contributed by atoms with van der Waals surface area (Å²) in [4.78, 5) is 0. The van der Waals surface area contributed by atoms with E-state index >= 15 is 0 Å². The van der Waals surface area contributed by atoms with Crippen LogP contribution in [0.4, 0.5) is 4.39 Å². The van der Waals surface area contributed by atoms with Crippen molar-refractivity contribution in [3.63, 3.8) is 0 Å². The highest BCUT2D eigenvalue weighted by atomic mass is 19.1. The fraction of sp³-hybridized carbons (Fsp3) is 0. The van der Waals surface area contributed by atoms with E-state index in [-0.39, 0.29) is 5.46 Å². The monoisotopic (exact) mass is 305 g/mol. The molecular weight excluding hydrogens is 292 g/mol. The molecule has 3 nitrogen and oxygen atoms in total. The van der Waals surface area contributed by atoms with Crippen LogP contribution in [0.2, 0.25) is 0 Å². The molecule has 0 atom stereocenters. The standard InChI is InChI=1S/C18H13BFNO2/c20-14-8-5-11-17(18(14)19(22)23)21-15-9-3-1-6-12(15)13-7-2-4-10-16(13)21/h1-11,22-23H. The number of benzene rings is 3. The first-order valence-electron chi connectivity index (χ1n) is 7.31. The molecule has 2 N–H and O–H groups in total. The molecule has 0 unspecified atom stereocenters. The van der Waals surface area contributed by atoms with E-state index in [0.29, 0.717) is 5.69 Å². The first-order valence-corrected chi connectivity index (χ1v) is 7.31. The predicted molar refractivity (Wildman–Crippen MR) is 90.6 cm³/mol. The highest BCUT2D eigenvalue weighted by molar-refractivity contribution is 6.60. The van der Waals surface area contributed by atoms with E-state index in [1.54, 1.807) is 12.1 Å². The van der Waals surface area contributed by atoms with E-state index in [0.717, 1.165) is 21.8 Å². The molecule has 0 aliphatic heterocycles. The summed E-state index contributed by atoms with van der Waals surface area (Å²) in [6.45, 7) is 0. The topological polar surface area (TPSA) is 45.4 Å². The van der Waals surface area contributed by atoms with Gasteiger partial charge in [-0.05, 0) is 24.3 Å². The van der Waals surface area contributed by atoms with Gasteiger partial charge in [0.15, 0.2) is 0 Å². The Hall–Kier alpha value is -2.63. The molecule has 1 aromatic heterocycles. The molecule has 0 saturated heterocycles. The summed E-state index contributed by atoms with van der Waals surface area (Å²) in [7, 11) is -1.88. The van der Waals surface area contributed by atoms with Gasteiger partial charge in [0, 0.05) is 21.9 Å². The zero-order valence-corrected chi connectivity index (χ0v) is 12.1. The molecule has 0 radical (unpaired) electrons. The van der Waals surface area contributed by atoms with Gasteiger partial charge in [-0.1, -0.05) is 42.5 Å². The molecule has 1 heterocycles. The molecule has 112 valence electrons. The van der Waals surface area contributed by atoms with Crippen molar-refractivity contribution in [1.82, 2.24) is 4.57 Å². The fourth-order valence-corrected chi connectivity index (χ4v) is 3.16. The molecule has 0 saturated carbocycles. The summed E-state index contributed by atoms with van der Waals surface area (Å²) in [5.74, 6) is -0.639. The van der Waals surface area contributed by atoms with Crippen molar-refractivity contribution in [2.24, 2.45) is 0 Å². The number of rotatable bonds is 2. The van der Waals surface area contributed by atoms with Crippen molar-refractivity contribution in [2.75, 3.05) is 0 Å². The molecule has 0 spiro atoms. The van der Waals surface area contributed by atoms with Crippen LogP contribution in [0, 0.1) is 5.82 Å². The van der Waals surface area contributed by atoms with Crippen molar-refractivity contribution in [1.29, 1.82) is 0 Å². The third kappa shape index (κ3) is 2.05. The fourth-order valence-electron chi connectivity index (χ4n) is 3.16. The van der Waals surface area contributed by atoms with Gasteiger partial charge in [0.1, 0.15) is 5.82 Å². The number of nitrogens with zero attached hydrogens (tertiary/aromatic N) is 1. The van der Waals surface area contributed by atoms with Crippen LogP contribution in [-0.4, -0.2) is 21.7 Å². The minimum Gasteiger partial charge on any atom is -0.423 e. The van der Waals surface area contributed by atoms with Gasteiger partial charge in [-0.2, -0.15) is 0 Å². The molecule has 4 aromatic rings. The molecule has 5 heteroatoms. The lowest BCUT2D eigenvalue weighted by Gasteiger charge is -2.13. The van der Waals surface area contributed by atoms with E-state index in [2.05, 4.69) is 0 Å². The summed E-state index contributed by atoms with van der Waals surface area (Å²) in [5, 5.41) is 21.3. The Labute approximate surface area is 132 Å². The predicted octanol–water partition coefficient (Wildman–Crippen LogP) is 2.60. The number of halogens is 1. The molecule has 0 bridgehead atoms. The second-order valence-electron chi connectivity index (χ2n) is 5.42. The maximum absolute atomic E-state index is 14.2. The van der Waals surface area contributed by atoms with Crippen LogP contribution in [0.5, 0.6) is 0 Å². The largest absolute Gasteiger partial charge is 0.493 e. The molecule has 0 fully saturated rings. The molecule has 0 aliphatic rings. The van der Waals surface area contributed by atoms with E-state index in [9.17, 15) is 14.4 Å². The van der Waals surface area contributed by atoms with Gasteiger partial charge < -0.3 is 14.6 Å². The van der Waals surface area contributed by atoms with Gasteiger partial charge in [-0.15, -0.1) is 0 Å². The van der Waals surface area contributed by atoms with Gasteiger partial charge in [0.25, 0.3) is 0 Å². The quantitative estimate of drug-likeness (QED) is 0.559. The van der Waals surface area contributed by atoms with Crippen molar-refractivity contribution in [3.8, 4) is 5.69 Å². The smallest absolute Gasteiger partial charge is 0.423 e. The molecule has 4 rings (SSSR count).